The predicted octanol–water partition coefficient (Wildman–Crippen LogP) is 0.867. The minimum Gasteiger partial charge on any atom is -0.368 e. The van der Waals surface area contributed by atoms with Gasteiger partial charge < -0.3 is 14.6 Å². The van der Waals surface area contributed by atoms with Gasteiger partial charge in [-0.2, -0.15) is 0 Å². The van der Waals surface area contributed by atoms with Crippen molar-refractivity contribution in [3.63, 3.8) is 0 Å². The number of rotatable bonds is 2. The van der Waals surface area contributed by atoms with Crippen molar-refractivity contribution in [3.05, 3.63) is 57.5 Å². The first kappa shape index (κ1) is 15.0. The standard InChI is InChI=1S/C17H18N4O3/c22-16-12(8-11-2-1-3-13(11)20-16)17(23)21-6-7-24-15(10-21)14-9-18-4-5-19-14/h4-5,8-9,15H,1-3,6-7,10H2,(H,20,22)/t15-/m0/s1. The molecule has 2 aromatic heterocycles. The number of ether oxygens (including phenoxy) is 1. The van der Waals surface area contributed by atoms with Crippen molar-refractivity contribution in [2.75, 3.05) is 19.7 Å². The van der Waals surface area contributed by atoms with Gasteiger partial charge in [0.1, 0.15) is 11.7 Å². The van der Waals surface area contributed by atoms with Gasteiger partial charge in [-0.1, -0.05) is 0 Å². The molecule has 3 heterocycles. The molecule has 0 unspecified atom stereocenters. The van der Waals surface area contributed by atoms with Crippen LogP contribution in [0.2, 0.25) is 0 Å². The van der Waals surface area contributed by atoms with Crippen LogP contribution in [0.15, 0.2) is 29.5 Å². The Kier molecular flexibility index (Phi) is 3.86. The molecule has 1 fully saturated rings. The Labute approximate surface area is 138 Å². The van der Waals surface area contributed by atoms with Crippen molar-refractivity contribution < 1.29 is 9.53 Å². The summed E-state index contributed by atoms with van der Waals surface area (Å²) in [5, 5.41) is 0. The van der Waals surface area contributed by atoms with Gasteiger partial charge >= 0.3 is 0 Å². The quantitative estimate of drug-likeness (QED) is 0.884. The highest BCUT2D eigenvalue weighted by Gasteiger charge is 2.29. The number of amides is 1. The van der Waals surface area contributed by atoms with Crippen molar-refractivity contribution in [1.82, 2.24) is 19.9 Å². The van der Waals surface area contributed by atoms with E-state index in [1.54, 1.807) is 29.6 Å². The first-order valence-corrected chi connectivity index (χ1v) is 8.14. The molecule has 2 aromatic rings. The summed E-state index contributed by atoms with van der Waals surface area (Å²) in [4.78, 5) is 37.9. The summed E-state index contributed by atoms with van der Waals surface area (Å²) < 4.78 is 5.70. The average molecular weight is 326 g/mol. The summed E-state index contributed by atoms with van der Waals surface area (Å²) in [5.41, 5.74) is 2.66. The van der Waals surface area contributed by atoms with Crippen molar-refractivity contribution in [1.29, 1.82) is 0 Å². The number of pyridine rings is 1. The molecule has 4 rings (SSSR count). The number of carbonyl (C=O) groups is 1. The molecule has 124 valence electrons. The summed E-state index contributed by atoms with van der Waals surface area (Å²) in [7, 11) is 0. The largest absolute Gasteiger partial charge is 0.368 e. The van der Waals surface area contributed by atoms with E-state index in [9.17, 15) is 9.59 Å². The van der Waals surface area contributed by atoms with Gasteiger partial charge in [0.2, 0.25) is 0 Å². The zero-order valence-electron chi connectivity index (χ0n) is 13.2. The van der Waals surface area contributed by atoms with E-state index in [0.717, 1.165) is 30.5 Å². The van der Waals surface area contributed by atoms with Crippen LogP contribution in [0.5, 0.6) is 0 Å². The third-order valence-electron chi connectivity index (χ3n) is 4.59. The number of nitrogens with zero attached hydrogens (tertiary/aromatic N) is 3. The molecule has 7 nitrogen and oxygen atoms in total. The summed E-state index contributed by atoms with van der Waals surface area (Å²) in [6.07, 6.45) is 7.34. The highest BCUT2D eigenvalue weighted by molar-refractivity contribution is 5.94. The normalized spacial score (nSPS) is 20.0. The molecule has 1 aliphatic carbocycles. The fourth-order valence-corrected chi connectivity index (χ4v) is 3.33. The summed E-state index contributed by atoms with van der Waals surface area (Å²) >= 11 is 0. The van der Waals surface area contributed by atoms with E-state index < -0.39 is 0 Å². The highest BCUT2D eigenvalue weighted by Crippen LogP contribution is 2.22. The number of aromatic nitrogens is 3. The third kappa shape index (κ3) is 2.71. The van der Waals surface area contributed by atoms with Crippen LogP contribution < -0.4 is 5.56 Å². The fourth-order valence-electron chi connectivity index (χ4n) is 3.33. The van der Waals surface area contributed by atoms with E-state index >= 15 is 0 Å². The first-order valence-electron chi connectivity index (χ1n) is 8.14. The second-order valence-electron chi connectivity index (χ2n) is 6.11. The minimum absolute atomic E-state index is 0.218. The van der Waals surface area contributed by atoms with Gasteiger partial charge in [-0.25, -0.2) is 0 Å². The molecule has 0 saturated carbocycles. The Morgan fingerprint density at radius 3 is 3.08 bits per heavy atom. The molecule has 1 N–H and O–H groups in total. The number of carbonyl (C=O) groups excluding carboxylic acids is 1. The highest BCUT2D eigenvalue weighted by atomic mass is 16.5. The molecular weight excluding hydrogens is 308 g/mol. The molecule has 0 aromatic carbocycles. The maximum absolute atomic E-state index is 12.8. The second-order valence-corrected chi connectivity index (χ2v) is 6.11. The van der Waals surface area contributed by atoms with E-state index in [1.165, 1.54) is 0 Å². The van der Waals surface area contributed by atoms with Gasteiger partial charge in [-0.15, -0.1) is 0 Å². The maximum Gasteiger partial charge on any atom is 0.261 e. The molecule has 7 heteroatoms. The average Bonchev–Trinajstić information content (AvgIpc) is 3.08. The number of morpholine rings is 1. The Bertz CT molecular complexity index is 818. The predicted molar refractivity (Wildman–Crippen MR) is 85.7 cm³/mol. The Hall–Kier alpha value is -2.54. The molecule has 1 atom stereocenters. The van der Waals surface area contributed by atoms with Crippen LogP contribution in [0.1, 0.15) is 39.8 Å². The van der Waals surface area contributed by atoms with Crippen molar-refractivity contribution in [3.8, 4) is 0 Å². The van der Waals surface area contributed by atoms with Gasteiger partial charge in [-0.3, -0.25) is 19.6 Å². The number of hydrogen-bond donors (Lipinski definition) is 1. The van der Waals surface area contributed by atoms with Gasteiger partial charge in [-0.05, 0) is 30.9 Å². The van der Waals surface area contributed by atoms with Crippen LogP contribution in [-0.2, 0) is 17.6 Å². The number of aryl methyl sites for hydroxylation is 2. The monoisotopic (exact) mass is 326 g/mol. The van der Waals surface area contributed by atoms with E-state index in [4.69, 9.17) is 4.74 Å². The molecule has 24 heavy (non-hydrogen) atoms. The summed E-state index contributed by atoms with van der Waals surface area (Å²) in [5.74, 6) is -0.247. The van der Waals surface area contributed by atoms with E-state index in [1.807, 2.05) is 0 Å². The van der Waals surface area contributed by atoms with E-state index in [0.29, 0.717) is 25.4 Å². The van der Waals surface area contributed by atoms with Crippen molar-refractivity contribution in [2.45, 2.75) is 25.4 Å². The SMILES string of the molecule is O=C(c1cc2c([nH]c1=O)CCC2)N1CCO[C@H](c2cnccn2)C1. The van der Waals surface area contributed by atoms with Gasteiger partial charge in [0, 0.05) is 24.6 Å². The van der Waals surface area contributed by atoms with Crippen molar-refractivity contribution in [2.24, 2.45) is 0 Å². The van der Waals surface area contributed by atoms with Gasteiger partial charge in [0.25, 0.3) is 11.5 Å². The second kappa shape index (κ2) is 6.16. The molecule has 2 aliphatic rings. The fraction of sp³-hybridized carbons (Fsp3) is 0.412. The molecule has 0 bridgehead atoms. The number of H-pyrrole nitrogens is 1. The zero-order valence-corrected chi connectivity index (χ0v) is 13.2. The molecule has 1 amide bonds. The third-order valence-corrected chi connectivity index (χ3v) is 4.59. The number of hydrogen-bond acceptors (Lipinski definition) is 5. The van der Waals surface area contributed by atoms with Crippen LogP contribution in [0, 0.1) is 0 Å². The number of aromatic amines is 1. The lowest BCUT2D eigenvalue weighted by atomic mass is 10.1. The molecular formula is C17H18N4O3. The van der Waals surface area contributed by atoms with Gasteiger partial charge in [0.05, 0.1) is 25.0 Å². The smallest absolute Gasteiger partial charge is 0.261 e. The van der Waals surface area contributed by atoms with Crippen LogP contribution >= 0.6 is 0 Å². The lowest BCUT2D eigenvalue weighted by Crippen LogP contribution is -2.44. The number of nitrogens with one attached hydrogen (secondary N) is 1. The minimum atomic E-state index is -0.315. The number of fused-ring (bicyclic) bond motifs is 1. The lowest BCUT2D eigenvalue weighted by Gasteiger charge is -2.32. The van der Waals surface area contributed by atoms with Crippen LogP contribution in [-0.4, -0.2) is 45.5 Å². The summed E-state index contributed by atoms with van der Waals surface area (Å²) in [6.45, 7) is 1.25. The molecule has 0 spiro atoms. The summed E-state index contributed by atoms with van der Waals surface area (Å²) in [6, 6.07) is 1.76. The van der Waals surface area contributed by atoms with Crippen LogP contribution in [0.4, 0.5) is 0 Å². The van der Waals surface area contributed by atoms with Crippen LogP contribution in [0.25, 0.3) is 0 Å². The first-order chi connectivity index (χ1) is 11.7. The molecule has 0 radical (unpaired) electrons. The van der Waals surface area contributed by atoms with Crippen molar-refractivity contribution >= 4 is 5.91 Å². The van der Waals surface area contributed by atoms with Gasteiger partial charge in [0.15, 0.2) is 0 Å². The van der Waals surface area contributed by atoms with E-state index in [-0.39, 0.29) is 23.1 Å². The molecule has 1 saturated heterocycles. The Balaban J connectivity index is 1.57. The maximum atomic E-state index is 12.8. The van der Waals surface area contributed by atoms with E-state index in [2.05, 4.69) is 15.0 Å². The lowest BCUT2D eigenvalue weighted by molar-refractivity contribution is -0.0249. The Morgan fingerprint density at radius 1 is 1.33 bits per heavy atom. The molecule has 1 aliphatic heterocycles. The Morgan fingerprint density at radius 2 is 2.25 bits per heavy atom. The van der Waals surface area contributed by atoms with Crippen LogP contribution in [0.3, 0.4) is 0 Å². The topological polar surface area (TPSA) is 88.2 Å². The zero-order chi connectivity index (χ0) is 16.5.